The number of fused-ring (bicyclic) bond motifs is 1. The Hall–Kier alpha value is -1.96. The summed E-state index contributed by atoms with van der Waals surface area (Å²) in [4.78, 5) is 2.99. The molecule has 1 aromatic heterocycles. The summed E-state index contributed by atoms with van der Waals surface area (Å²) in [6.45, 7) is 7.44. The molecule has 1 nitrogen and oxygen atoms in total. The fourth-order valence-corrected chi connectivity index (χ4v) is 1.88. The number of H-pyrrole nitrogens is 1. The van der Waals surface area contributed by atoms with Crippen molar-refractivity contribution >= 4 is 10.9 Å². The second-order valence-electron chi connectivity index (χ2n) is 4.97. The zero-order chi connectivity index (χ0) is 16.3. The number of benzene rings is 3. The van der Waals surface area contributed by atoms with Gasteiger partial charge in [0.05, 0.1) is 0 Å². The molecule has 0 saturated heterocycles. The third-order valence-corrected chi connectivity index (χ3v) is 3.08. The van der Waals surface area contributed by atoms with Gasteiger partial charge in [-0.05, 0) is 0 Å². The Bertz CT molecular complexity index is 724. The molecule has 4 aromatic rings. The molecule has 1 N–H and O–H groups in total. The fourth-order valence-electron chi connectivity index (χ4n) is 1.88. The first-order chi connectivity index (χ1) is 11.3. The van der Waals surface area contributed by atoms with E-state index in [4.69, 9.17) is 0 Å². The maximum absolute atomic E-state index is 3.72. The predicted octanol–water partition coefficient (Wildman–Crippen LogP) is 5.70. The van der Waals surface area contributed by atoms with Crippen LogP contribution in [0.2, 0.25) is 0 Å². The number of aromatic amines is 1. The molecule has 1 heterocycles. The minimum atomic E-state index is 0. The summed E-state index contributed by atoms with van der Waals surface area (Å²) in [6, 6.07) is 29.8. The number of rotatable bonds is 0. The van der Waals surface area contributed by atoms with Gasteiger partial charge in [-0.2, -0.15) is 60.7 Å². The molecule has 4 rings (SSSR count). The van der Waals surface area contributed by atoms with Gasteiger partial charge in [-0.25, -0.2) is 0 Å². The summed E-state index contributed by atoms with van der Waals surface area (Å²) in [5.41, 5.74) is 3.29. The van der Waals surface area contributed by atoms with E-state index in [-0.39, 0.29) is 32.7 Å². The molecular weight excluding hydrogens is 367 g/mol. The van der Waals surface area contributed by atoms with E-state index in [2.05, 4.69) is 31.1 Å². The minimum absolute atomic E-state index is 0. The average molecular weight is 387 g/mol. The molecule has 0 radical (unpaired) electrons. The summed E-state index contributed by atoms with van der Waals surface area (Å²) < 4.78 is 0. The second kappa shape index (κ2) is 11.6. The fraction of sp³-hybridized carbons (Fsp3) is 0. The van der Waals surface area contributed by atoms with Crippen LogP contribution in [0.5, 0.6) is 0 Å². The van der Waals surface area contributed by atoms with Gasteiger partial charge in [0.15, 0.2) is 0 Å². The summed E-state index contributed by atoms with van der Waals surface area (Å²) >= 11 is 0. The first-order valence-electron chi connectivity index (χ1n) is 7.43. The second-order valence-corrected chi connectivity index (χ2v) is 4.97. The Morgan fingerprint density at radius 3 is 1.50 bits per heavy atom. The zero-order valence-corrected chi connectivity index (χ0v) is 16.5. The summed E-state index contributed by atoms with van der Waals surface area (Å²) in [5, 5.41) is 1.22. The van der Waals surface area contributed by atoms with Crippen molar-refractivity contribution in [3.63, 3.8) is 0 Å². The first-order valence-corrected chi connectivity index (χ1v) is 7.43. The Morgan fingerprint density at radius 2 is 1.08 bits per heavy atom. The number of aromatic nitrogens is 1. The van der Waals surface area contributed by atoms with Crippen molar-refractivity contribution in [2.24, 2.45) is 0 Å². The molecule has 0 atom stereocenters. The number of hydrogen-bond donors (Lipinski definition) is 1. The Balaban J connectivity index is 0.000000179. The van der Waals surface area contributed by atoms with Crippen LogP contribution >= 0.6 is 0 Å². The molecule has 2 heteroatoms. The SMILES string of the molecule is [CH2-]c1ccccc1.[CH2-]c1ccccc1.[Y+3].[c-]1cc2ccccc2[nH]1. The van der Waals surface area contributed by atoms with Crippen molar-refractivity contribution < 1.29 is 32.7 Å². The normalized spacial score (nSPS) is 8.83. The van der Waals surface area contributed by atoms with E-state index < -0.39 is 0 Å². The van der Waals surface area contributed by atoms with Crippen molar-refractivity contribution in [3.8, 4) is 0 Å². The number of nitrogens with one attached hydrogen (secondary N) is 1. The van der Waals surface area contributed by atoms with Crippen LogP contribution < -0.4 is 0 Å². The van der Waals surface area contributed by atoms with E-state index in [0.29, 0.717) is 0 Å². The van der Waals surface area contributed by atoms with E-state index in [0.717, 1.165) is 16.6 Å². The molecule has 0 fully saturated rings. The molecule has 0 bridgehead atoms. The van der Waals surface area contributed by atoms with Gasteiger partial charge in [-0.15, -0.1) is 48.1 Å². The van der Waals surface area contributed by atoms with Crippen molar-refractivity contribution in [2.45, 2.75) is 0 Å². The zero-order valence-electron chi connectivity index (χ0n) is 13.7. The van der Waals surface area contributed by atoms with Crippen LogP contribution in [0.1, 0.15) is 11.1 Å². The van der Waals surface area contributed by atoms with Gasteiger partial charge in [0.1, 0.15) is 0 Å². The van der Waals surface area contributed by atoms with Crippen molar-refractivity contribution in [2.75, 3.05) is 0 Å². The Labute approximate surface area is 170 Å². The van der Waals surface area contributed by atoms with Gasteiger partial charge >= 0.3 is 32.7 Å². The third kappa shape index (κ3) is 7.54. The molecule has 0 aliphatic carbocycles. The van der Waals surface area contributed by atoms with E-state index in [9.17, 15) is 0 Å². The number of hydrogen-bond acceptors (Lipinski definition) is 0. The van der Waals surface area contributed by atoms with Crippen LogP contribution in [0.25, 0.3) is 10.9 Å². The van der Waals surface area contributed by atoms with Crippen LogP contribution in [-0.4, -0.2) is 4.98 Å². The first kappa shape index (κ1) is 20.1. The Morgan fingerprint density at radius 1 is 0.625 bits per heavy atom. The molecule has 0 aliphatic rings. The van der Waals surface area contributed by atoms with Gasteiger partial charge in [0, 0.05) is 0 Å². The van der Waals surface area contributed by atoms with Crippen LogP contribution in [0.3, 0.4) is 0 Å². The maximum Gasteiger partial charge on any atom is 3.00 e. The molecule has 0 unspecified atom stereocenters. The standard InChI is InChI=1S/C8H6N.2C7H7.Y/c1-2-4-8-7(3-1)5-6-9-8;2*1-7-5-3-2-4-6-7;/h1-5,9H;2*2-6H,1H2;/q3*-1;+3. The Kier molecular flexibility index (Phi) is 9.68. The molecule has 0 amide bonds. The van der Waals surface area contributed by atoms with Gasteiger partial charge < -0.3 is 4.98 Å². The van der Waals surface area contributed by atoms with Crippen LogP contribution in [-0.2, 0) is 32.7 Å². The summed E-state index contributed by atoms with van der Waals surface area (Å²) in [7, 11) is 0. The molecule has 0 aliphatic heterocycles. The quantitative estimate of drug-likeness (QED) is 0.373. The van der Waals surface area contributed by atoms with E-state index in [1.54, 1.807) is 0 Å². The smallest absolute Gasteiger partial charge is 0.477 e. The largest absolute Gasteiger partial charge is 3.00 e. The third-order valence-electron chi connectivity index (χ3n) is 3.08. The topological polar surface area (TPSA) is 15.8 Å². The maximum atomic E-state index is 3.72. The van der Waals surface area contributed by atoms with E-state index in [1.165, 1.54) is 5.39 Å². The van der Waals surface area contributed by atoms with Gasteiger partial charge in [-0.1, -0.05) is 24.3 Å². The molecule has 24 heavy (non-hydrogen) atoms. The average Bonchev–Trinajstić information content (AvgIpc) is 3.06. The van der Waals surface area contributed by atoms with Crippen molar-refractivity contribution in [1.29, 1.82) is 0 Å². The molecule has 0 saturated carbocycles. The molecular formula is C22H20NY. The van der Waals surface area contributed by atoms with Crippen molar-refractivity contribution in [1.82, 2.24) is 4.98 Å². The van der Waals surface area contributed by atoms with Gasteiger partial charge in [0.25, 0.3) is 0 Å². The molecule has 3 aromatic carbocycles. The molecule has 116 valence electrons. The van der Waals surface area contributed by atoms with Crippen molar-refractivity contribution in [3.05, 3.63) is 122 Å². The monoisotopic (exact) mass is 387 g/mol. The van der Waals surface area contributed by atoms with Gasteiger partial charge in [-0.3, -0.25) is 0 Å². The number of para-hydroxylation sites is 1. The molecule has 0 spiro atoms. The van der Waals surface area contributed by atoms with Crippen LogP contribution in [0.4, 0.5) is 0 Å². The van der Waals surface area contributed by atoms with Crippen LogP contribution in [0, 0.1) is 20.0 Å². The minimum Gasteiger partial charge on any atom is -0.477 e. The van der Waals surface area contributed by atoms with Gasteiger partial charge in [0.2, 0.25) is 0 Å². The van der Waals surface area contributed by atoms with E-state index >= 15 is 0 Å². The predicted molar refractivity (Wildman–Crippen MR) is 98.9 cm³/mol. The van der Waals surface area contributed by atoms with Crippen LogP contribution in [0.15, 0.2) is 91.0 Å². The summed E-state index contributed by atoms with van der Waals surface area (Å²) in [5.74, 6) is 0. The summed E-state index contributed by atoms with van der Waals surface area (Å²) in [6.07, 6.45) is 2.91. The van der Waals surface area contributed by atoms with E-state index in [1.807, 2.05) is 84.9 Å².